The van der Waals surface area contributed by atoms with E-state index in [0.717, 1.165) is 0 Å². The molecule has 0 rings (SSSR count). The predicted molar refractivity (Wildman–Crippen MR) is 59.6 cm³/mol. The summed E-state index contributed by atoms with van der Waals surface area (Å²) in [5.74, 6) is -0.227. The molecule has 0 unspecified atom stereocenters. The highest BCUT2D eigenvalue weighted by molar-refractivity contribution is 5.76. The van der Waals surface area contributed by atoms with Gasteiger partial charge in [-0.3, -0.25) is 4.79 Å². The molecule has 0 aromatic carbocycles. The summed E-state index contributed by atoms with van der Waals surface area (Å²) in [5, 5.41) is 12.1. The molecule has 0 bridgehead atoms. The van der Waals surface area contributed by atoms with E-state index in [1.54, 1.807) is 0 Å². The van der Waals surface area contributed by atoms with E-state index in [0.29, 0.717) is 13.0 Å². The van der Waals surface area contributed by atoms with Crippen molar-refractivity contribution < 1.29 is 14.6 Å². The Morgan fingerprint density at radius 3 is 2.27 bits per heavy atom. The van der Waals surface area contributed by atoms with Crippen molar-refractivity contribution in [2.24, 2.45) is 5.41 Å². The molecule has 0 atom stereocenters. The second-order valence-corrected chi connectivity index (χ2v) is 5.09. The topological polar surface area (TPSA) is 58.6 Å². The van der Waals surface area contributed by atoms with Crippen molar-refractivity contribution in [3.05, 3.63) is 0 Å². The monoisotopic (exact) mass is 217 g/mol. The summed E-state index contributed by atoms with van der Waals surface area (Å²) in [7, 11) is 1.39. The first-order valence-electron chi connectivity index (χ1n) is 5.19. The minimum absolute atomic E-state index is 0.138. The van der Waals surface area contributed by atoms with Gasteiger partial charge in [-0.05, 0) is 34.1 Å². The Hall–Kier alpha value is -0.610. The van der Waals surface area contributed by atoms with E-state index >= 15 is 0 Å². The number of nitrogens with one attached hydrogen (secondary N) is 1. The Morgan fingerprint density at radius 1 is 1.33 bits per heavy atom. The van der Waals surface area contributed by atoms with Crippen LogP contribution in [0, 0.1) is 5.41 Å². The molecule has 0 radical (unpaired) electrons. The summed E-state index contributed by atoms with van der Waals surface area (Å²) in [4.78, 5) is 11.4. The third kappa shape index (κ3) is 5.14. The number of aliphatic hydroxyl groups excluding tert-OH is 1. The Balaban J connectivity index is 4.19. The van der Waals surface area contributed by atoms with Crippen molar-refractivity contribution in [1.29, 1.82) is 0 Å². The fourth-order valence-electron chi connectivity index (χ4n) is 1.18. The molecule has 0 spiro atoms. The lowest BCUT2D eigenvalue weighted by atomic mass is 9.91. The van der Waals surface area contributed by atoms with E-state index in [-0.39, 0.29) is 18.1 Å². The number of ether oxygens (including phenoxy) is 1. The summed E-state index contributed by atoms with van der Waals surface area (Å²) in [6.45, 7) is 8.33. The Labute approximate surface area is 92.0 Å². The van der Waals surface area contributed by atoms with Crippen molar-refractivity contribution in [3.8, 4) is 0 Å². The van der Waals surface area contributed by atoms with Crippen LogP contribution < -0.4 is 5.32 Å². The molecular formula is C11H23NO3. The van der Waals surface area contributed by atoms with Crippen LogP contribution in [0.25, 0.3) is 0 Å². The quantitative estimate of drug-likeness (QED) is 0.650. The van der Waals surface area contributed by atoms with Gasteiger partial charge in [0.1, 0.15) is 0 Å². The second kappa shape index (κ2) is 5.47. The first-order valence-corrected chi connectivity index (χ1v) is 5.19. The summed E-state index contributed by atoms with van der Waals surface area (Å²) >= 11 is 0. The van der Waals surface area contributed by atoms with Gasteiger partial charge >= 0.3 is 5.97 Å². The first kappa shape index (κ1) is 14.4. The maximum atomic E-state index is 11.4. The summed E-state index contributed by atoms with van der Waals surface area (Å²) in [6, 6.07) is 0. The van der Waals surface area contributed by atoms with Gasteiger partial charge in [-0.15, -0.1) is 0 Å². The molecule has 0 amide bonds. The molecule has 0 aliphatic carbocycles. The lowest BCUT2D eigenvalue weighted by Crippen LogP contribution is -2.47. The normalized spacial score (nSPS) is 12.7. The van der Waals surface area contributed by atoms with Crippen LogP contribution in [0.15, 0.2) is 0 Å². The van der Waals surface area contributed by atoms with Crippen LogP contribution in [0.5, 0.6) is 0 Å². The molecule has 4 heteroatoms. The minimum atomic E-state index is -0.540. The van der Waals surface area contributed by atoms with Crippen LogP contribution in [-0.2, 0) is 9.53 Å². The SMILES string of the molecule is COC(=O)C(C)(C)CNC(C)(C)CCO. The van der Waals surface area contributed by atoms with E-state index in [4.69, 9.17) is 9.84 Å². The fraction of sp³-hybridized carbons (Fsp3) is 0.909. The fourth-order valence-corrected chi connectivity index (χ4v) is 1.18. The number of esters is 1. The van der Waals surface area contributed by atoms with Gasteiger partial charge in [-0.25, -0.2) is 0 Å². The smallest absolute Gasteiger partial charge is 0.312 e. The summed E-state index contributed by atoms with van der Waals surface area (Å²) in [6.07, 6.45) is 0.657. The van der Waals surface area contributed by atoms with Crippen LogP contribution in [0.4, 0.5) is 0 Å². The highest BCUT2D eigenvalue weighted by atomic mass is 16.5. The second-order valence-electron chi connectivity index (χ2n) is 5.09. The van der Waals surface area contributed by atoms with Gasteiger partial charge in [0.05, 0.1) is 12.5 Å². The zero-order valence-electron chi connectivity index (χ0n) is 10.4. The first-order chi connectivity index (χ1) is 6.75. The standard InChI is InChI=1S/C11H23NO3/c1-10(2,9(14)15-5)8-12-11(3,4)6-7-13/h12-13H,6-8H2,1-5H3. The summed E-state index contributed by atoms with van der Waals surface area (Å²) in [5.41, 5.74) is -0.707. The maximum Gasteiger partial charge on any atom is 0.312 e. The van der Waals surface area contributed by atoms with Crippen molar-refractivity contribution >= 4 is 5.97 Å². The van der Waals surface area contributed by atoms with Crippen molar-refractivity contribution in [2.75, 3.05) is 20.3 Å². The van der Waals surface area contributed by atoms with Crippen LogP contribution in [0.1, 0.15) is 34.1 Å². The largest absolute Gasteiger partial charge is 0.469 e. The Morgan fingerprint density at radius 2 is 1.87 bits per heavy atom. The van der Waals surface area contributed by atoms with Crippen LogP contribution in [-0.4, -0.2) is 36.9 Å². The minimum Gasteiger partial charge on any atom is -0.469 e. The van der Waals surface area contributed by atoms with Gasteiger partial charge in [0, 0.05) is 18.7 Å². The maximum absolute atomic E-state index is 11.4. The molecular weight excluding hydrogens is 194 g/mol. The van der Waals surface area contributed by atoms with E-state index < -0.39 is 5.41 Å². The number of hydrogen-bond donors (Lipinski definition) is 2. The van der Waals surface area contributed by atoms with Gasteiger partial charge in [0.2, 0.25) is 0 Å². The van der Waals surface area contributed by atoms with Gasteiger partial charge in [-0.1, -0.05) is 0 Å². The number of aliphatic hydroxyl groups is 1. The third-order valence-electron chi connectivity index (χ3n) is 2.48. The molecule has 90 valence electrons. The molecule has 0 aliphatic rings. The highest BCUT2D eigenvalue weighted by Gasteiger charge is 2.30. The summed E-state index contributed by atoms with van der Waals surface area (Å²) < 4.78 is 4.71. The number of rotatable bonds is 6. The van der Waals surface area contributed by atoms with E-state index in [2.05, 4.69) is 5.32 Å². The molecule has 0 aliphatic heterocycles. The number of hydrogen-bond acceptors (Lipinski definition) is 4. The van der Waals surface area contributed by atoms with Gasteiger partial charge in [0.25, 0.3) is 0 Å². The predicted octanol–water partition coefficient (Wildman–Crippen LogP) is 0.936. The average Bonchev–Trinajstić information content (AvgIpc) is 2.14. The third-order valence-corrected chi connectivity index (χ3v) is 2.48. The molecule has 0 fully saturated rings. The van der Waals surface area contributed by atoms with Crippen LogP contribution in [0.2, 0.25) is 0 Å². The zero-order valence-corrected chi connectivity index (χ0v) is 10.4. The molecule has 0 aromatic heterocycles. The number of carbonyl (C=O) groups excluding carboxylic acids is 1. The number of methoxy groups -OCH3 is 1. The highest BCUT2D eigenvalue weighted by Crippen LogP contribution is 2.18. The lowest BCUT2D eigenvalue weighted by molar-refractivity contribution is -0.150. The molecule has 0 heterocycles. The van der Waals surface area contributed by atoms with E-state index in [1.807, 2.05) is 27.7 Å². The molecule has 2 N–H and O–H groups in total. The molecule has 0 aromatic rings. The van der Waals surface area contributed by atoms with Crippen LogP contribution >= 0.6 is 0 Å². The van der Waals surface area contributed by atoms with E-state index in [1.165, 1.54) is 7.11 Å². The molecule has 0 saturated heterocycles. The lowest BCUT2D eigenvalue weighted by Gasteiger charge is -2.30. The molecule has 15 heavy (non-hydrogen) atoms. The van der Waals surface area contributed by atoms with Gasteiger partial charge < -0.3 is 15.2 Å². The molecule has 4 nitrogen and oxygen atoms in total. The Kier molecular flexibility index (Phi) is 5.24. The van der Waals surface area contributed by atoms with Crippen molar-refractivity contribution in [1.82, 2.24) is 5.32 Å². The average molecular weight is 217 g/mol. The number of carbonyl (C=O) groups is 1. The molecule has 0 saturated carbocycles. The van der Waals surface area contributed by atoms with Crippen LogP contribution in [0.3, 0.4) is 0 Å². The van der Waals surface area contributed by atoms with E-state index in [9.17, 15) is 4.79 Å². The van der Waals surface area contributed by atoms with Crippen molar-refractivity contribution in [3.63, 3.8) is 0 Å². The van der Waals surface area contributed by atoms with Gasteiger partial charge in [0.15, 0.2) is 0 Å². The zero-order chi connectivity index (χ0) is 12.1. The van der Waals surface area contributed by atoms with Gasteiger partial charge in [-0.2, -0.15) is 0 Å². The Bertz CT molecular complexity index is 212. The van der Waals surface area contributed by atoms with Crippen molar-refractivity contribution in [2.45, 2.75) is 39.7 Å².